The van der Waals surface area contributed by atoms with Gasteiger partial charge in [0.1, 0.15) is 17.5 Å². The van der Waals surface area contributed by atoms with Crippen molar-refractivity contribution >= 4 is 40.8 Å². The number of thiazole rings is 1. The number of ether oxygens (including phenoxy) is 2. The number of hydrogen-bond donors (Lipinski definition) is 2. The number of allylic oxidation sites excluding steroid dienone is 1. The number of aromatic nitrogens is 1. The standard InChI is InChI=1S/C26H30ClFN4O4S/c1-26(2,3)36-25(34)30-16-8-5-14(6-9-16)20-19(24(33)35-4)21(17-10-7-15(28)13-18(17)27)32-22(31-20)23-29-11-12-37-23/h7,10-14,16,21H,5-6,8-9H2,1-4H3,(H,30,34)(H,31,32). The number of carbonyl (C=O) groups is 2. The average Bonchev–Trinajstić information content (AvgIpc) is 3.37. The molecule has 2 heterocycles. The molecular formula is C26H30ClFN4O4S. The van der Waals surface area contributed by atoms with Crippen molar-refractivity contribution < 1.29 is 23.5 Å². The van der Waals surface area contributed by atoms with Crippen molar-refractivity contribution in [1.82, 2.24) is 15.6 Å². The molecule has 0 saturated heterocycles. The Hall–Kier alpha value is -2.98. The Balaban J connectivity index is 1.65. The van der Waals surface area contributed by atoms with E-state index in [9.17, 15) is 14.0 Å². The number of aliphatic imine (C=N–C) groups is 1. The van der Waals surface area contributed by atoms with Gasteiger partial charge in [-0.25, -0.2) is 19.0 Å². The topological polar surface area (TPSA) is 102 Å². The van der Waals surface area contributed by atoms with E-state index in [1.807, 2.05) is 26.2 Å². The third kappa shape index (κ3) is 6.48. The van der Waals surface area contributed by atoms with Gasteiger partial charge in [-0.1, -0.05) is 17.7 Å². The summed E-state index contributed by atoms with van der Waals surface area (Å²) in [4.78, 5) is 34.5. The fraction of sp³-hybridized carbons (Fsp3) is 0.462. The average molecular weight is 549 g/mol. The molecule has 1 aromatic heterocycles. The molecule has 1 fully saturated rings. The molecule has 1 saturated carbocycles. The van der Waals surface area contributed by atoms with Gasteiger partial charge in [-0.15, -0.1) is 11.3 Å². The van der Waals surface area contributed by atoms with Crippen LogP contribution in [0.25, 0.3) is 0 Å². The van der Waals surface area contributed by atoms with Gasteiger partial charge in [-0.2, -0.15) is 0 Å². The van der Waals surface area contributed by atoms with Crippen LogP contribution in [0.5, 0.6) is 0 Å². The molecule has 4 rings (SSSR count). The number of methoxy groups -OCH3 is 1. The summed E-state index contributed by atoms with van der Waals surface area (Å²) in [6, 6.07) is 3.21. The maximum Gasteiger partial charge on any atom is 0.407 e. The first-order chi connectivity index (χ1) is 17.6. The summed E-state index contributed by atoms with van der Waals surface area (Å²) in [6.07, 6.45) is 4.06. The highest BCUT2D eigenvalue weighted by molar-refractivity contribution is 7.11. The summed E-state index contributed by atoms with van der Waals surface area (Å²) < 4.78 is 24.4. The number of rotatable bonds is 5. The van der Waals surface area contributed by atoms with Gasteiger partial charge in [-0.3, -0.25) is 4.99 Å². The number of nitrogens with zero attached hydrogens (tertiary/aromatic N) is 2. The number of esters is 1. The predicted molar refractivity (Wildman–Crippen MR) is 140 cm³/mol. The molecule has 0 spiro atoms. The molecule has 1 aliphatic heterocycles. The second-order valence-electron chi connectivity index (χ2n) is 10.0. The molecule has 11 heteroatoms. The quantitative estimate of drug-likeness (QED) is 0.476. The van der Waals surface area contributed by atoms with E-state index in [4.69, 9.17) is 26.1 Å². The Bertz CT molecular complexity index is 1220. The first-order valence-corrected chi connectivity index (χ1v) is 13.3. The Labute approximate surface area is 224 Å². The first-order valence-electron chi connectivity index (χ1n) is 12.1. The van der Waals surface area contributed by atoms with E-state index < -0.39 is 29.5 Å². The third-order valence-corrected chi connectivity index (χ3v) is 7.34. The van der Waals surface area contributed by atoms with Gasteiger partial charge >= 0.3 is 12.1 Å². The third-order valence-electron chi connectivity index (χ3n) is 6.23. The Kier molecular flexibility index (Phi) is 8.18. The number of alkyl carbamates (subject to hydrolysis) is 1. The van der Waals surface area contributed by atoms with Crippen molar-refractivity contribution in [2.45, 2.75) is 64.1 Å². The van der Waals surface area contributed by atoms with E-state index >= 15 is 0 Å². The maximum atomic E-state index is 13.8. The zero-order chi connectivity index (χ0) is 26.7. The monoisotopic (exact) mass is 548 g/mol. The largest absolute Gasteiger partial charge is 0.466 e. The number of halogens is 2. The molecule has 198 valence electrons. The van der Waals surface area contributed by atoms with Gasteiger partial charge in [0.05, 0.1) is 12.7 Å². The van der Waals surface area contributed by atoms with E-state index in [1.165, 1.54) is 30.6 Å². The van der Waals surface area contributed by atoms with Crippen LogP contribution >= 0.6 is 22.9 Å². The van der Waals surface area contributed by atoms with Crippen LogP contribution in [0.2, 0.25) is 5.02 Å². The molecule has 2 aliphatic rings. The molecule has 0 bridgehead atoms. The van der Waals surface area contributed by atoms with Crippen molar-refractivity contribution in [3.05, 3.63) is 62.5 Å². The van der Waals surface area contributed by atoms with Crippen molar-refractivity contribution in [2.24, 2.45) is 10.9 Å². The van der Waals surface area contributed by atoms with Gasteiger partial charge in [-0.05, 0) is 64.5 Å². The van der Waals surface area contributed by atoms with E-state index in [0.29, 0.717) is 53.4 Å². The van der Waals surface area contributed by atoms with Crippen molar-refractivity contribution in [3.8, 4) is 0 Å². The fourth-order valence-corrected chi connectivity index (χ4v) is 5.48. The highest BCUT2D eigenvalue weighted by Crippen LogP contribution is 2.41. The Morgan fingerprint density at radius 2 is 1.95 bits per heavy atom. The molecule has 1 aromatic carbocycles. The van der Waals surface area contributed by atoms with Gasteiger partial charge in [0.2, 0.25) is 0 Å². The van der Waals surface area contributed by atoms with Crippen LogP contribution < -0.4 is 10.6 Å². The smallest absolute Gasteiger partial charge is 0.407 e. The van der Waals surface area contributed by atoms with E-state index in [0.717, 1.165) is 0 Å². The van der Waals surface area contributed by atoms with Gasteiger partial charge in [0.15, 0.2) is 10.8 Å². The van der Waals surface area contributed by atoms with Gasteiger partial charge in [0, 0.05) is 33.9 Å². The minimum absolute atomic E-state index is 0.0297. The van der Waals surface area contributed by atoms with E-state index in [-0.39, 0.29) is 17.0 Å². The first kappa shape index (κ1) is 27.1. The van der Waals surface area contributed by atoms with E-state index in [2.05, 4.69) is 15.6 Å². The second-order valence-corrected chi connectivity index (χ2v) is 11.3. The summed E-state index contributed by atoms with van der Waals surface area (Å²) in [7, 11) is 1.32. The van der Waals surface area contributed by atoms with Gasteiger partial charge in [0.25, 0.3) is 0 Å². The minimum atomic E-state index is -0.798. The predicted octanol–water partition coefficient (Wildman–Crippen LogP) is 5.54. The number of amides is 1. The number of carbonyl (C=O) groups excluding carboxylic acids is 2. The van der Waals surface area contributed by atoms with Crippen molar-refractivity contribution in [1.29, 1.82) is 0 Å². The highest BCUT2D eigenvalue weighted by Gasteiger charge is 2.38. The lowest BCUT2D eigenvalue weighted by Gasteiger charge is -2.35. The molecule has 1 amide bonds. The lowest BCUT2D eigenvalue weighted by Crippen LogP contribution is -2.43. The zero-order valence-electron chi connectivity index (χ0n) is 21.1. The van der Waals surface area contributed by atoms with E-state index in [1.54, 1.807) is 12.3 Å². The minimum Gasteiger partial charge on any atom is -0.466 e. The molecule has 2 N–H and O–H groups in total. The summed E-state index contributed by atoms with van der Waals surface area (Å²) in [6.45, 7) is 5.47. The van der Waals surface area contributed by atoms with Crippen molar-refractivity contribution in [3.63, 3.8) is 0 Å². The molecule has 2 aromatic rings. The Morgan fingerprint density at radius 3 is 2.54 bits per heavy atom. The molecule has 8 nitrogen and oxygen atoms in total. The molecule has 37 heavy (non-hydrogen) atoms. The number of hydrogen-bond acceptors (Lipinski definition) is 8. The number of nitrogens with one attached hydrogen (secondary N) is 2. The highest BCUT2D eigenvalue weighted by atomic mass is 35.5. The molecule has 1 aliphatic carbocycles. The van der Waals surface area contributed by atoms with Crippen LogP contribution in [0.3, 0.4) is 0 Å². The second kappa shape index (κ2) is 11.2. The Morgan fingerprint density at radius 1 is 1.22 bits per heavy atom. The fourth-order valence-electron chi connectivity index (χ4n) is 4.62. The lowest BCUT2D eigenvalue weighted by molar-refractivity contribution is -0.136. The lowest BCUT2D eigenvalue weighted by atomic mass is 9.80. The molecule has 1 unspecified atom stereocenters. The summed E-state index contributed by atoms with van der Waals surface area (Å²) in [5, 5.41) is 8.97. The van der Waals surface area contributed by atoms with Crippen LogP contribution in [0, 0.1) is 11.7 Å². The summed E-state index contributed by atoms with van der Waals surface area (Å²) in [5.74, 6) is -0.537. The molecule has 0 radical (unpaired) electrons. The number of amidine groups is 1. The van der Waals surface area contributed by atoms with Crippen LogP contribution in [0.4, 0.5) is 9.18 Å². The SMILES string of the molecule is COC(=O)C1=C(C2CCC(NC(=O)OC(C)(C)C)CC2)NC(c2nccs2)=NC1c1ccc(F)cc1Cl. The summed E-state index contributed by atoms with van der Waals surface area (Å²) >= 11 is 7.84. The zero-order valence-corrected chi connectivity index (χ0v) is 22.7. The van der Waals surface area contributed by atoms with Crippen LogP contribution in [0.15, 0.2) is 46.0 Å². The van der Waals surface area contributed by atoms with Crippen LogP contribution in [-0.4, -0.2) is 41.6 Å². The van der Waals surface area contributed by atoms with Gasteiger partial charge < -0.3 is 20.1 Å². The normalized spacial score (nSPS) is 22.1. The molecule has 1 atom stereocenters. The van der Waals surface area contributed by atoms with Crippen LogP contribution in [-0.2, 0) is 14.3 Å². The van der Waals surface area contributed by atoms with Crippen molar-refractivity contribution in [2.75, 3.05) is 7.11 Å². The number of benzene rings is 1. The summed E-state index contributed by atoms with van der Waals surface area (Å²) in [5.41, 5.74) is 0.945. The molecular weight excluding hydrogens is 519 g/mol. The van der Waals surface area contributed by atoms with Crippen LogP contribution in [0.1, 0.15) is 63.1 Å². The maximum absolute atomic E-state index is 13.8.